The lowest BCUT2D eigenvalue weighted by atomic mass is 10.1. The van der Waals surface area contributed by atoms with Crippen molar-refractivity contribution in [1.82, 2.24) is 0 Å². The molecule has 6 heteroatoms. The van der Waals surface area contributed by atoms with E-state index in [9.17, 15) is 15.0 Å². The van der Waals surface area contributed by atoms with E-state index in [-0.39, 0.29) is 28.1 Å². The van der Waals surface area contributed by atoms with E-state index < -0.39 is 28.5 Å². The smallest absolute Gasteiger partial charge is 0.303 e. The molecule has 4 nitrogen and oxygen atoms in total. The van der Waals surface area contributed by atoms with Crippen LogP contribution in [-0.4, -0.2) is 44.8 Å². The summed E-state index contributed by atoms with van der Waals surface area (Å²) in [5, 5.41) is 20.5. The summed E-state index contributed by atoms with van der Waals surface area (Å²) in [6.45, 7) is 24.2. The van der Waals surface area contributed by atoms with E-state index in [1.807, 2.05) is 0 Å². The average Bonchev–Trinajstić information content (AvgIpc) is 2.38. The van der Waals surface area contributed by atoms with E-state index in [2.05, 4.69) is 74.7 Å². The number of aliphatic hydroxyl groups is 1. The van der Waals surface area contributed by atoms with Gasteiger partial charge in [0.15, 0.2) is 8.32 Å². The Labute approximate surface area is 163 Å². The highest BCUT2D eigenvalue weighted by atomic mass is 28.4. The summed E-state index contributed by atoms with van der Waals surface area (Å²) in [6.07, 6.45) is 0.904. The maximum Gasteiger partial charge on any atom is 0.303 e. The van der Waals surface area contributed by atoms with Gasteiger partial charge in [-0.3, -0.25) is 4.79 Å². The van der Waals surface area contributed by atoms with Gasteiger partial charge in [0.05, 0.1) is 14.2 Å². The third-order valence-electron chi connectivity index (χ3n) is 6.89. The molecule has 3 atom stereocenters. The fourth-order valence-corrected chi connectivity index (χ4v) is 7.37. The molecule has 1 unspecified atom stereocenters. The van der Waals surface area contributed by atoms with Crippen LogP contribution >= 0.6 is 0 Å². The molecule has 0 radical (unpaired) electrons. The van der Waals surface area contributed by atoms with Crippen LogP contribution < -0.4 is 0 Å². The van der Waals surface area contributed by atoms with Crippen LogP contribution in [0.1, 0.15) is 67.7 Å². The Morgan fingerprint density at radius 3 is 1.77 bits per heavy atom. The van der Waals surface area contributed by atoms with Crippen molar-refractivity contribution in [3.05, 3.63) is 0 Å². The van der Waals surface area contributed by atoms with Crippen LogP contribution in [0.15, 0.2) is 0 Å². The minimum atomic E-state index is -1.97. The SMILES string of the molecule is C[C@H](CCC(O)[C@@H](CC(=O)O)[Si](C)(C)C(C)(C)C)O[Si](C)(C)C(C)(C)C. The zero-order valence-corrected chi connectivity index (χ0v) is 21.1. The molecule has 0 aromatic carbocycles. The van der Waals surface area contributed by atoms with E-state index >= 15 is 0 Å². The summed E-state index contributed by atoms with van der Waals surface area (Å²) in [6, 6.07) is 0. The van der Waals surface area contributed by atoms with Crippen molar-refractivity contribution in [2.45, 2.75) is 122 Å². The van der Waals surface area contributed by atoms with Gasteiger partial charge in [-0.2, -0.15) is 0 Å². The molecule has 0 heterocycles. The standard InChI is InChI=1S/C20H44O4Si2/c1-15(24-26(10,11)20(5,6)7)12-13-16(21)17(14-18(22)23)25(8,9)19(2,3)4/h15-17,21H,12-14H2,1-11H3,(H,22,23)/t15-,16?,17-/m1/s1. The van der Waals surface area contributed by atoms with E-state index in [4.69, 9.17) is 4.43 Å². The largest absolute Gasteiger partial charge is 0.481 e. The third-order valence-corrected chi connectivity index (χ3v) is 17.8. The van der Waals surface area contributed by atoms with Crippen LogP contribution in [0, 0.1) is 0 Å². The minimum Gasteiger partial charge on any atom is -0.481 e. The zero-order chi connectivity index (χ0) is 21.1. The molecule has 156 valence electrons. The quantitative estimate of drug-likeness (QED) is 0.470. The summed E-state index contributed by atoms with van der Waals surface area (Å²) < 4.78 is 6.39. The van der Waals surface area contributed by atoms with Gasteiger partial charge in [-0.15, -0.1) is 0 Å². The summed E-state index contributed by atoms with van der Waals surface area (Å²) in [5.74, 6) is -0.815. The molecule has 0 amide bonds. The topological polar surface area (TPSA) is 66.8 Å². The molecule has 2 N–H and O–H groups in total. The first-order valence-corrected chi connectivity index (χ1v) is 15.9. The van der Waals surface area contributed by atoms with Gasteiger partial charge in [-0.05, 0) is 48.5 Å². The molecule has 0 bridgehead atoms. The van der Waals surface area contributed by atoms with Crippen LogP contribution in [0.5, 0.6) is 0 Å². The number of aliphatic carboxylic acids is 1. The second-order valence-corrected chi connectivity index (χ2v) is 21.5. The van der Waals surface area contributed by atoms with Gasteiger partial charge in [0, 0.05) is 12.5 Å². The van der Waals surface area contributed by atoms with Crippen LogP contribution in [0.2, 0.25) is 41.8 Å². The van der Waals surface area contributed by atoms with Crippen LogP contribution in [0.25, 0.3) is 0 Å². The lowest BCUT2D eigenvalue weighted by molar-refractivity contribution is -0.137. The first kappa shape index (κ1) is 25.8. The fourth-order valence-electron chi connectivity index (χ4n) is 2.96. The number of carbonyl (C=O) groups is 1. The van der Waals surface area contributed by atoms with Crippen LogP contribution in [0.3, 0.4) is 0 Å². The predicted octanol–water partition coefficient (Wildman–Crippen LogP) is 5.89. The monoisotopic (exact) mass is 404 g/mol. The molecular weight excluding hydrogens is 360 g/mol. The lowest BCUT2D eigenvalue weighted by Crippen LogP contribution is -2.48. The van der Waals surface area contributed by atoms with Gasteiger partial charge in [-0.25, -0.2) is 0 Å². The number of carboxylic acids is 1. The van der Waals surface area contributed by atoms with E-state index in [1.165, 1.54) is 0 Å². The van der Waals surface area contributed by atoms with Gasteiger partial charge in [0.2, 0.25) is 0 Å². The minimum absolute atomic E-state index is 0.0390. The second-order valence-electron chi connectivity index (χ2n) is 11.0. The summed E-state index contributed by atoms with van der Waals surface area (Å²) >= 11 is 0. The summed E-state index contributed by atoms with van der Waals surface area (Å²) in [7, 11) is -3.80. The van der Waals surface area contributed by atoms with Crippen LogP contribution in [0.4, 0.5) is 0 Å². The maximum absolute atomic E-state index is 11.4. The van der Waals surface area contributed by atoms with E-state index in [1.54, 1.807) is 0 Å². The molecule has 0 aromatic heterocycles. The Kier molecular flexibility index (Phi) is 8.82. The first-order valence-electron chi connectivity index (χ1n) is 9.90. The van der Waals surface area contributed by atoms with Gasteiger partial charge in [0.25, 0.3) is 0 Å². The Hall–Kier alpha value is -0.176. The van der Waals surface area contributed by atoms with Gasteiger partial charge < -0.3 is 14.6 Å². The second kappa shape index (κ2) is 8.88. The number of carboxylic acid groups (broad SMARTS) is 1. The van der Waals surface area contributed by atoms with Gasteiger partial charge >= 0.3 is 5.97 Å². The molecule has 0 spiro atoms. The van der Waals surface area contributed by atoms with E-state index in [0.29, 0.717) is 6.42 Å². The summed E-state index contributed by atoms with van der Waals surface area (Å²) in [4.78, 5) is 11.4. The molecule has 0 saturated carbocycles. The number of aliphatic hydroxyl groups excluding tert-OH is 1. The molecule has 0 fully saturated rings. The van der Waals surface area contributed by atoms with Crippen LogP contribution in [-0.2, 0) is 9.22 Å². The Bertz CT molecular complexity index is 461. The first-order chi connectivity index (χ1) is 11.3. The average molecular weight is 405 g/mol. The van der Waals surface area contributed by atoms with Crippen molar-refractivity contribution in [2.24, 2.45) is 0 Å². The number of hydrogen-bond donors (Lipinski definition) is 2. The Balaban J connectivity index is 5.07. The zero-order valence-electron chi connectivity index (χ0n) is 19.1. The molecule has 0 saturated heterocycles. The molecule has 0 aromatic rings. The van der Waals surface area contributed by atoms with Crippen molar-refractivity contribution in [2.75, 3.05) is 0 Å². The molecule has 0 aliphatic heterocycles. The number of rotatable bonds is 9. The normalized spacial score (nSPS) is 17.7. The molecule has 0 aliphatic rings. The fraction of sp³-hybridized carbons (Fsp3) is 0.950. The van der Waals surface area contributed by atoms with Crippen molar-refractivity contribution >= 4 is 22.4 Å². The van der Waals surface area contributed by atoms with E-state index in [0.717, 1.165) is 6.42 Å². The van der Waals surface area contributed by atoms with Gasteiger partial charge in [-0.1, -0.05) is 54.6 Å². The Morgan fingerprint density at radius 2 is 1.42 bits per heavy atom. The van der Waals surface area contributed by atoms with Gasteiger partial charge in [0.1, 0.15) is 0 Å². The van der Waals surface area contributed by atoms with Crippen molar-refractivity contribution in [1.29, 1.82) is 0 Å². The van der Waals surface area contributed by atoms with Crippen molar-refractivity contribution in [3.8, 4) is 0 Å². The number of hydrogen-bond acceptors (Lipinski definition) is 3. The molecule has 26 heavy (non-hydrogen) atoms. The summed E-state index contributed by atoms with van der Waals surface area (Å²) in [5.41, 5.74) is -0.153. The molecule has 0 aliphatic carbocycles. The van der Waals surface area contributed by atoms with Crippen molar-refractivity contribution in [3.63, 3.8) is 0 Å². The maximum atomic E-state index is 11.4. The molecular formula is C20H44O4Si2. The van der Waals surface area contributed by atoms with Crippen molar-refractivity contribution < 1.29 is 19.4 Å². The lowest BCUT2D eigenvalue weighted by Gasteiger charge is -2.45. The highest BCUT2D eigenvalue weighted by Crippen LogP contribution is 2.47. The third kappa shape index (κ3) is 7.09. The molecule has 0 rings (SSSR count). The highest BCUT2D eigenvalue weighted by molar-refractivity contribution is 6.81. The Morgan fingerprint density at radius 1 is 0.962 bits per heavy atom. The highest BCUT2D eigenvalue weighted by Gasteiger charge is 2.46. The predicted molar refractivity (Wildman–Crippen MR) is 116 cm³/mol.